The second kappa shape index (κ2) is 9.62. The van der Waals surface area contributed by atoms with E-state index in [-0.39, 0.29) is 25.3 Å². The van der Waals surface area contributed by atoms with Gasteiger partial charge >= 0.3 is 6.09 Å². The van der Waals surface area contributed by atoms with Crippen LogP contribution in [0.25, 0.3) is 16.9 Å². The summed E-state index contributed by atoms with van der Waals surface area (Å²) in [4.78, 5) is 23.5. The topological polar surface area (TPSA) is 114 Å². The van der Waals surface area contributed by atoms with Gasteiger partial charge in [-0.2, -0.15) is 10.1 Å². The molecular weight excluding hydrogens is 424 g/mol. The predicted molar refractivity (Wildman–Crippen MR) is 123 cm³/mol. The molecule has 1 atom stereocenters. The second-order valence-corrected chi connectivity index (χ2v) is 8.99. The van der Waals surface area contributed by atoms with Crippen LogP contribution in [-0.4, -0.2) is 73.6 Å². The molecule has 0 aliphatic carbocycles. The number of amides is 1. The Bertz CT molecular complexity index is 1110. The average molecular weight is 455 g/mol. The first-order valence-electron chi connectivity index (χ1n) is 11.1. The Kier molecular flexibility index (Phi) is 6.64. The monoisotopic (exact) mass is 454 g/mol. The number of hydrogen-bond donors (Lipinski definition) is 2. The van der Waals surface area contributed by atoms with Gasteiger partial charge in [0.15, 0.2) is 5.82 Å². The number of fused-ring (bicyclic) bond motifs is 1. The molecule has 0 aromatic carbocycles. The number of hydrogen-bond acceptors (Lipinski definition) is 8. The number of anilines is 1. The number of nitrogens with zero attached hydrogens (tertiary/aromatic N) is 5. The van der Waals surface area contributed by atoms with Gasteiger partial charge in [-0.1, -0.05) is 6.07 Å². The van der Waals surface area contributed by atoms with Gasteiger partial charge in [-0.05, 0) is 45.7 Å². The van der Waals surface area contributed by atoms with Gasteiger partial charge in [-0.25, -0.2) is 14.3 Å². The van der Waals surface area contributed by atoms with Crippen LogP contribution in [0.2, 0.25) is 0 Å². The molecule has 1 aliphatic rings. The van der Waals surface area contributed by atoms with Crippen LogP contribution >= 0.6 is 0 Å². The van der Waals surface area contributed by atoms with Gasteiger partial charge in [0, 0.05) is 31.4 Å². The van der Waals surface area contributed by atoms with E-state index >= 15 is 0 Å². The fourth-order valence-corrected chi connectivity index (χ4v) is 3.75. The average Bonchev–Trinajstić information content (AvgIpc) is 3.21. The van der Waals surface area contributed by atoms with E-state index in [2.05, 4.69) is 15.4 Å². The molecule has 1 amide bonds. The van der Waals surface area contributed by atoms with Crippen LogP contribution in [-0.2, 0) is 4.74 Å². The molecule has 3 aromatic heterocycles. The Balaban J connectivity index is 1.56. The maximum atomic E-state index is 12.5. The highest BCUT2D eigenvalue weighted by Gasteiger charge is 2.28. The highest BCUT2D eigenvalue weighted by Crippen LogP contribution is 2.26. The maximum absolute atomic E-state index is 12.5. The van der Waals surface area contributed by atoms with Gasteiger partial charge in [0.1, 0.15) is 18.0 Å². The summed E-state index contributed by atoms with van der Waals surface area (Å²) < 4.78 is 12.9. The molecule has 10 heteroatoms. The van der Waals surface area contributed by atoms with Gasteiger partial charge in [0.2, 0.25) is 5.88 Å². The number of carbonyl (C=O) groups excluding carboxylic acids is 1. The van der Waals surface area contributed by atoms with E-state index < -0.39 is 5.60 Å². The van der Waals surface area contributed by atoms with Gasteiger partial charge in [-0.3, -0.25) is 0 Å². The third-order valence-corrected chi connectivity index (χ3v) is 5.14. The smallest absolute Gasteiger partial charge is 0.410 e. The van der Waals surface area contributed by atoms with Gasteiger partial charge in [0.25, 0.3) is 0 Å². The van der Waals surface area contributed by atoms with E-state index in [4.69, 9.17) is 19.6 Å². The summed E-state index contributed by atoms with van der Waals surface area (Å²) in [5.74, 6) is 1.40. The quantitative estimate of drug-likeness (QED) is 0.584. The number of ether oxygens (including phenoxy) is 2. The van der Waals surface area contributed by atoms with Crippen LogP contribution in [0.5, 0.6) is 5.88 Å². The molecule has 4 rings (SSSR count). The van der Waals surface area contributed by atoms with Gasteiger partial charge < -0.3 is 24.8 Å². The molecule has 1 saturated heterocycles. The minimum Gasteiger partial charge on any atom is -0.475 e. The van der Waals surface area contributed by atoms with Crippen molar-refractivity contribution in [2.24, 2.45) is 0 Å². The van der Waals surface area contributed by atoms with E-state index in [1.54, 1.807) is 21.7 Å². The lowest BCUT2D eigenvalue weighted by atomic mass is 10.1. The van der Waals surface area contributed by atoms with Crippen molar-refractivity contribution in [3.05, 3.63) is 36.7 Å². The summed E-state index contributed by atoms with van der Waals surface area (Å²) in [5, 5.41) is 17.0. The highest BCUT2D eigenvalue weighted by atomic mass is 16.6. The molecule has 1 fully saturated rings. The zero-order valence-electron chi connectivity index (χ0n) is 19.2. The first kappa shape index (κ1) is 22.8. The van der Waals surface area contributed by atoms with Crippen molar-refractivity contribution < 1.29 is 19.4 Å². The number of rotatable bonds is 6. The third kappa shape index (κ3) is 5.70. The van der Waals surface area contributed by atoms with E-state index in [1.165, 1.54) is 0 Å². The van der Waals surface area contributed by atoms with Crippen molar-refractivity contribution in [1.29, 1.82) is 0 Å². The predicted octanol–water partition coefficient (Wildman–Crippen LogP) is 2.97. The molecule has 1 aliphatic heterocycles. The number of aliphatic hydroxyl groups is 1. The van der Waals surface area contributed by atoms with Gasteiger partial charge in [0.05, 0.1) is 23.9 Å². The Morgan fingerprint density at radius 1 is 1.30 bits per heavy atom. The lowest BCUT2D eigenvalue weighted by molar-refractivity contribution is 0.0206. The third-order valence-electron chi connectivity index (χ3n) is 5.14. The number of nitrogens with one attached hydrogen (secondary N) is 1. The summed E-state index contributed by atoms with van der Waals surface area (Å²) in [7, 11) is 0. The number of pyridine rings is 1. The summed E-state index contributed by atoms with van der Waals surface area (Å²) in [6.07, 6.45) is 5.02. The minimum absolute atomic E-state index is 0.00335. The Hall–Kier alpha value is -3.40. The molecule has 0 bridgehead atoms. The van der Waals surface area contributed by atoms with Crippen LogP contribution < -0.4 is 10.1 Å². The Morgan fingerprint density at radius 3 is 2.94 bits per heavy atom. The zero-order chi connectivity index (χ0) is 23.4. The minimum atomic E-state index is -0.535. The lowest BCUT2D eigenvalue weighted by Crippen LogP contribution is -2.47. The van der Waals surface area contributed by atoms with E-state index in [9.17, 15) is 4.79 Å². The van der Waals surface area contributed by atoms with Crippen molar-refractivity contribution in [3.8, 4) is 17.3 Å². The van der Waals surface area contributed by atoms with Crippen molar-refractivity contribution in [1.82, 2.24) is 24.5 Å². The number of aliphatic hydroxyl groups excluding tert-OH is 1. The fourth-order valence-electron chi connectivity index (χ4n) is 3.75. The largest absolute Gasteiger partial charge is 0.475 e. The molecule has 0 saturated carbocycles. The van der Waals surface area contributed by atoms with Crippen molar-refractivity contribution in [2.45, 2.75) is 45.3 Å². The van der Waals surface area contributed by atoms with E-state index in [0.29, 0.717) is 30.6 Å². The van der Waals surface area contributed by atoms with E-state index in [1.807, 2.05) is 45.2 Å². The van der Waals surface area contributed by atoms with Crippen LogP contribution in [0.4, 0.5) is 10.6 Å². The summed E-state index contributed by atoms with van der Waals surface area (Å²) in [6, 6.07) is 7.48. The number of piperidine rings is 1. The van der Waals surface area contributed by atoms with Crippen LogP contribution in [0.15, 0.2) is 36.7 Å². The summed E-state index contributed by atoms with van der Waals surface area (Å²) in [5.41, 5.74) is 1.11. The van der Waals surface area contributed by atoms with Crippen molar-refractivity contribution in [3.63, 3.8) is 0 Å². The molecule has 33 heavy (non-hydrogen) atoms. The molecule has 4 heterocycles. The van der Waals surface area contributed by atoms with Crippen LogP contribution in [0, 0.1) is 0 Å². The summed E-state index contributed by atoms with van der Waals surface area (Å²) >= 11 is 0. The van der Waals surface area contributed by atoms with Crippen molar-refractivity contribution >= 4 is 17.4 Å². The van der Waals surface area contributed by atoms with Crippen molar-refractivity contribution in [2.75, 3.05) is 31.6 Å². The molecule has 176 valence electrons. The Labute approximate surface area is 192 Å². The number of aromatic nitrogens is 4. The normalized spacial score (nSPS) is 16.6. The van der Waals surface area contributed by atoms with Crippen LogP contribution in [0.3, 0.4) is 0 Å². The second-order valence-electron chi connectivity index (χ2n) is 8.99. The first-order chi connectivity index (χ1) is 15.8. The molecule has 3 aromatic rings. The highest BCUT2D eigenvalue weighted by molar-refractivity contribution is 5.76. The molecular formula is C23H30N6O4. The standard InChI is InChI=1S/C23H30N6O4/c1-23(2,3)33-22(31)28-9-6-7-16(15-28)25-19-13-20(32-12-11-30)27-21(26-19)17-14-24-29-10-5-4-8-18(17)29/h4-5,8,10,13-14,16,30H,6-7,9,11-12,15H2,1-3H3,(H,25,26,27)/t16-/m1/s1. The SMILES string of the molecule is CC(C)(C)OC(=O)N1CCC[C@@H](Nc2cc(OCCO)nc(-c3cnn4ccccc34)n2)C1. The molecule has 0 radical (unpaired) electrons. The summed E-state index contributed by atoms with van der Waals surface area (Å²) in [6.45, 7) is 6.77. The fraction of sp³-hybridized carbons (Fsp3) is 0.478. The number of likely N-dealkylation sites (tertiary alicyclic amines) is 1. The number of carbonyl (C=O) groups is 1. The lowest BCUT2D eigenvalue weighted by Gasteiger charge is -2.34. The molecule has 2 N–H and O–H groups in total. The maximum Gasteiger partial charge on any atom is 0.410 e. The zero-order valence-corrected chi connectivity index (χ0v) is 19.2. The molecule has 10 nitrogen and oxygen atoms in total. The van der Waals surface area contributed by atoms with Gasteiger partial charge in [-0.15, -0.1) is 0 Å². The molecule has 0 spiro atoms. The van der Waals surface area contributed by atoms with E-state index in [0.717, 1.165) is 23.9 Å². The first-order valence-corrected chi connectivity index (χ1v) is 11.1. The molecule has 0 unspecified atom stereocenters. The Morgan fingerprint density at radius 2 is 2.15 bits per heavy atom. The van der Waals surface area contributed by atoms with Crippen LogP contribution in [0.1, 0.15) is 33.6 Å².